The van der Waals surface area contributed by atoms with Crippen molar-refractivity contribution in [1.82, 2.24) is 0 Å². The fourth-order valence-electron chi connectivity index (χ4n) is 1.12. The van der Waals surface area contributed by atoms with Crippen molar-refractivity contribution in [3.05, 3.63) is 29.0 Å². The second-order valence-corrected chi connectivity index (χ2v) is 3.52. The predicted octanol–water partition coefficient (Wildman–Crippen LogP) is 1.43. The Morgan fingerprint density at radius 3 is 2.71 bits per heavy atom. The van der Waals surface area contributed by atoms with Gasteiger partial charge in [-0.1, -0.05) is 11.6 Å². The minimum absolute atomic E-state index is 0.0442. The molecule has 0 spiro atoms. The summed E-state index contributed by atoms with van der Waals surface area (Å²) in [7, 11) is 0. The Labute approximate surface area is 100 Å². The number of carbonyl (C=O) groups is 2. The van der Waals surface area contributed by atoms with E-state index in [9.17, 15) is 14.0 Å². The van der Waals surface area contributed by atoms with Gasteiger partial charge in [0.2, 0.25) is 5.96 Å². The molecule has 0 bridgehead atoms. The molecule has 0 fully saturated rings. The minimum Gasteiger partial charge on any atom is -0.324 e. The Morgan fingerprint density at radius 2 is 2.06 bits per heavy atom. The summed E-state index contributed by atoms with van der Waals surface area (Å²) in [6.45, 7) is 0. The lowest BCUT2D eigenvalue weighted by Crippen LogP contribution is -2.23. The number of amides is 1. The highest BCUT2D eigenvalue weighted by Crippen LogP contribution is 2.19. The van der Waals surface area contributed by atoms with E-state index in [0.717, 1.165) is 12.3 Å². The van der Waals surface area contributed by atoms with Crippen LogP contribution in [-0.4, -0.2) is 23.9 Å². The van der Waals surface area contributed by atoms with Crippen molar-refractivity contribution in [2.75, 3.05) is 5.32 Å². The van der Waals surface area contributed by atoms with Crippen LogP contribution in [0.2, 0.25) is 5.02 Å². The van der Waals surface area contributed by atoms with Gasteiger partial charge in [-0.3, -0.25) is 9.59 Å². The van der Waals surface area contributed by atoms with Crippen LogP contribution in [0.1, 0.15) is 0 Å². The SMILES string of the molecule is O=C1C=NC(Nc2ccc(F)c(Cl)c2)=NC1=O. The first-order valence-corrected chi connectivity index (χ1v) is 4.87. The molecule has 1 aliphatic rings. The molecule has 1 aromatic rings. The lowest BCUT2D eigenvalue weighted by Gasteiger charge is -2.07. The molecular formula is C10H5ClFN3O2. The number of benzene rings is 1. The number of hydrogen-bond donors (Lipinski definition) is 1. The third-order valence-electron chi connectivity index (χ3n) is 1.90. The van der Waals surface area contributed by atoms with E-state index in [1.807, 2.05) is 0 Å². The van der Waals surface area contributed by atoms with Crippen LogP contribution in [0.3, 0.4) is 0 Å². The van der Waals surface area contributed by atoms with Gasteiger partial charge in [0.15, 0.2) is 0 Å². The van der Waals surface area contributed by atoms with E-state index in [1.54, 1.807) is 0 Å². The number of carbonyl (C=O) groups excluding carboxylic acids is 2. The number of nitrogens with one attached hydrogen (secondary N) is 1. The maximum Gasteiger partial charge on any atom is 0.322 e. The molecule has 2 rings (SSSR count). The predicted molar refractivity (Wildman–Crippen MR) is 61.0 cm³/mol. The third-order valence-corrected chi connectivity index (χ3v) is 2.19. The Balaban J connectivity index is 2.19. The van der Waals surface area contributed by atoms with E-state index in [2.05, 4.69) is 15.3 Å². The molecule has 0 saturated heterocycles. The molecule has 0 saturated carbocycles. The van der Waals surface area contributed by atoms with Gasteiger partial charge in [0, 0.05) is 5.69 Å². The molecule has 17 heavy (non-hydrogen) atoms. The van der Waals surface area contributed by atoms with Crippen LogP contribution < -0.4 is 5.32 Å². The van der Waals surface area contributed by atoms with Crippen LogP contribution in [0.4, 0.5) is 10.1 Å². The molecule has 1 amide bonds. The van der Waals surface area contributed by atoms with Gasteiger partial charge in [-0.2, -0.15) is 4.99 Å². The van der Waals surface area contributed by atoms with Crippen LogP contribution in [0, 0.1) is 5.82 Å². The van der Waals surface area contributed by atoms with Gasteiger partial charge in [0.1, 0.15) is 5.82 Å². The van der Waals surface area contributed by atoms with E-state index in [4.69, 9.17) is 11.6 Å². The highest BCUT2D eigenvalue weighted by atomic mass is 35.5. The van der Waals surface area contributed by atoms with Crippen molar-refractivity contribution in [2.45, 2.75) is 0 Å². The van der Waals surface area contributed by atoms with Gasteiger partial charge in [-0.25, -0.2) is 9.38 Å². The maximum absolute atomic E-state index is 12.9. The minimum atomic E-state index is -0.907. The van der Waals surface area contributed by atoms with Crippen molar-refractivity contribution >= 4 is 41.2 Å². The summed E-state index contributed by atoms with van der Waals surface area (Å²) in [4.78, 5) is 28.8. The third kappa shape index (κ3) is 2.54. The standard InChI is InChI=1S/C10H5ClFN3O2/c11-6-3-5(1-2-7(6)12)14-10-13-4-8(16)9(17)15-10/h1-4H,(H,14,15,17). The van der Waals surface area contributed by atoms with Crippen molar-refractivity contribution < 1.29 is 14.0 Å². The fourth-order valence-corrected chi connectivity index (χ4v) is 1.30. The van der Waals surface area contributed by atoms with Gasteiger partial charge in [-0.15, -0.1) is 0 Å². The number of guanidine groups is 1. The van der Waals surface area contributed by atoms with Crippen LogP contribution >= 0.6 is 11.6 Å². The van der Waals surface area contributed by atoms with Gasteiger partial charge in [-0.05, 0) is 18.2 Å². The normalized spacial score (nSPS) is 14.8. The number of anilines is 1. The van der Waals surface area contributed by atoms with Crippen LogP contribution in [0.25, 0.3) is 0 Å². The first-order chi connectivity index (χ1) is 8.06. The zero-order valence-corrected chi connectivity index (χ0v) is 9.03. The number of halogens is 2. The molecule has 86 valence electrons. The van der Waals surface area contributed by atoms with E-state index < -0.39 is 17.5 Å². The number of hydrogen-bond acceptors (Lipinski definition) is 4. The molecule has 7 heteroatoms. The van der Waals surface area contributed by atoms with Gasteiger partial charge in [0.05, 0.1) is 11.2 Å². The molecule has 0 aromatic heterocycles. The van der Waals surface area contributed by atoms with E-state index in [-0.39, 0.29) is 11.0 Å². The van der Waals surface area contributed by atoms with Crippen molar-refractivity contribution in [2.24, 2.45) is 9.98 Å². The van der Waals surface area contributed by atoms with Crippen molar-refractivity contribution in [3.63, 3.8) is 0 Å². The first kappa shape index (κ1) is 11.4. The average molecular weight is 254 g/mol. The summed E-state index contributed by atoms with van der Waals surface area (Å²) in [6.07, 6.45) is 0.864. The van der Waals surface area contributed by atoms with Crippen LogP contribution in [0.5, 0.6) is 0 Å². The van der Waals surface area contributed by atoms with Crippen molar-refractivity contribution in [3.8, 4) is 0 Å². The number of Topliss-reactive ketones (excluding diaryl/α,β-unsaturated/α-hetero) is 1. The van der Waals surface area contributed by atoms with Crippen molar-refractivity contribution in [1.29, 1.82) is 0 Å². The second kappa shape index (κ2) is 4.42. The van der Waals surface area contributed by atoms with E-state index in [0.29, 0.717) is 5.69 Å². The zero-order valence-electron chi connectivity index (χ0n) is 8.28. The van der Waals surface area contributed by atoms with Gasteiger partial charge >= 0.3 is 5.91 Å². The molecule has 0 aliphatic carbocycles. The quantitative estimate of drug-likeness (QED) is 0.770. The lowest BCUT2D eigenvalue weighted by molar-refractivity contribution is -0.131. The largest absolute Gasteiger partial charge is 0.324 e. The Hall–Kier alpha value is -2.08. The second-order valence-electron chi connectivity index (χ2n) is 3.12. The molecule has 1 N–H and O–H groups in total. The van der Waals surface area contributed by atoms with Gasteiger partial charge < -0.3 is 5.32 Å². The number of aliphatic imine (C=N–C) groups is 2. The van der Waals surface area contributed by atoms with E-state index >= 15 is 0 Å². The van der Waals surface area contributed by atoms with E-state index in [1.165, 1.54) is 12.1 Å². The molecule has 0 atom stereocenters. The summed E-state index contributed by atoms with van der Waals surface area (Å²) < 4.78 is 12.9. The Morgan fingerprint density at radius 1 is 1.29 bits per heavy atom. The monoisotopic (exact) mass is 253 g/mol. The molecule has 5 nitrogen and oxygen atoms in total. The highest BCUT2D eigenvalue weighted by Gasteiger charge is 2.16. The number of ketones is 1. The number of rotatable bonds is 1. The Bertz CT molecular complexity index is 569. The molecule has 1 aliphatic heterocycles. The molecule has 0 radical (unpaired) electrons. The average Bonchev–Trinajstić information content (AvgIpc) is 2.29. The topological polar surface area (TPSA) is 70.9 Å². The summed E-state index contributed by atoms with van der Waals surface area (Å²) in [6, 6.07) is 3.88. The fraction of sp³-hybridized carbons (Fsp3) is 0. The van der Waals surface area contributed by atoms with Gasteiger partial charge in [0.25, 0.3) is 5.78 Å². The molecule has 0 unspecified atom stereocenters. The lowest BCUT2D eigenvalue weighted by atomic mass is 10.3. The number of nitrogens with zero attached hydrogens (tertiary/aromatic N) is 2. The molecule has 1 heterocycles. The first-order valence-electron chi connectivity index (χ1n) is 4.49. The highest BCUT2D eigenvalue weighted by molar-refractivity contribution is 6.61. The van der Waals surface area contributed by atoms with Crippen LogP contribution in [-0.2, 0) is 9.59 Å². The van der Waals surface area contributed by atoms with Crippen LogP contribution in [0.15, 0.2) is 28.2 Å². The summed E-state index contributed by atoms with van der Waals surface area (Å²) >= 11 is 5.57. The summed E-state index contributed by atoms with van der Waals surface area (Å²) in [5, 5.41) is 2.56. The Kier molecular flexibility index (Phi) is 2.97. The maximum atomic E-state index is 12.9. The summed E-state index contributed by atoms with van der Waals surface area (Å²) in [5.41, 5.74) is 0.412. The molecular weight excluding hydrogens is 249 g/mol. The molecule has 1 aromatic carbocycles. The zero-order chi connectivity index (χ0) is 12.4. The summed E-state index contributed by atoms with van der Waals surface area (Å²) in [5.74, 6) is -2.29. The smallest absolute Gasteiger partial charge is 0.322 e.